The summed E-state index contributed by atoms with van der Waals surface area (Å²) < 4.78 is 11.2. The fourth-order valence-electron chi connectivity index (χ4n) is 2.52. The molecule has 0 saturated carbocycles. The molecule has 0 radical (unpaired) electrons. The lowest BCUT2D eigenvalue weighted by atomic mass is 10.2. The summed E-state index contributed by atoms with van der Waals surface area (Å²) in [6.07, 6.45) is 1.10. The van der Waals surface area contributed by atoms with Gasteiger partial charge in [-0.15, -0.1) is 11.3 Å². The van der Waals surface area contributed by atoms with Gasteiger partial charge in [-0.25, -0.2) is 4.98 Å². The highest BCUT2D eigenvalue weighted by molar-refractivity contribution is 7.14. The van der Waals surface area contributed by atoms with Gasteiger partial charge in [-0.05, 0) is 23.6 Å². The van der Waals surface area contributed by atoms with Crippen LogP contribution in [0.3, 0.4) is 0 Å². The van der Waals surface area contributed by atoms with Crippen molar-refractivity contribution in [2.75, 3.05) is 18.5 Å². The molecule has 1 aliphatic heterocycles. The van der Waals surface area contributed by atoms with Crippen LogP contribution in [-0.2, 0) is 11.2 Å². The molecular weight excluding hydrogens is 356 g/mol. The summed E-state index contributed by atoms with van der Waals surface area (Å²) in [6, 6.07) is 7.48. The maximum atomic E-state index is 12.3. The molecule has 7 heteroatoms. The molecule has 3 aromatic rings. The normalized spacial score (nSPS) is 13.3. The summed E-state index contributed by atoms with van der Waals surface area (Å²) in [6.45, 7) is 1.27. The van der Waals surface area contributed by atoms with E-state index in [1.165, 1.54) is 0 Å². The summed E-state index contributed by atoms with van der Waals surface area (Å²) in [7, 11) is 0. The number of benzene rings is 1. The Kier molecular flexibility index (Phi) is 4.67. The zero-order valence-corrected chi connectivity index (χ0v) is 15.0. The number of ether oxygens (including phenoxy) is 2. The molecule has 0 bridgehead atoms. The minimum absolute atomic E-state index is 0.100. The van der Waals surface area contributed by atoms with E-state index < -0.39 is 0 Å². The number of hydrogen-bond donors (Lipinski definition) is 1. The lowest BCUT2D eigenvalue weighted by Crippen LogP contribution is -2.14. The van der Waals surface area contributed by atoms with Crippen LogP contribution >= 0.6 is 22.7 Å². The van der Waals surface area contributed by atoms with Gasteiger partial charge in [0.1, 0.15) is 5.01 Å². The first-order chi connectivity index (χ1) is 12.3. The Bertz CT molecular complexity index is 874. The van der Waals surface area contributed by atoms with Gasteiger partial charge in [-0.3, -0.25) is 4.79 Å². The van der Waals surface area contributed by atoms with Crippen molar-refractivity contribution in [3.63, 3.8) is 0 Å². The highest BCUT2D eigenvalue weighted by Gasteiger charge is 2.13. The van der Waals surface area contributed by atoms with Gasteiger partial charge in [0, 0.05) is 34.5 Å². The molecule has 1 amide bonds. The number of fused-ring (bicyclic) bond motifs is 1. The van der Waals surface area contributed by atoms with Crippen LogP contribution in [0.15, 0.2) is 40.4 Å². The van der Waals surface area contributed by atoms with Crippen molar-refractivity contribution < 1.29 is 14.3 Å². The van der Waals surface area contributed by atoms with Crippen LogP contribution in [0.1, 0.15) is 12.1 Å². The molecule has 1 aromatic carbocycles. The number of aromatic nitrogens is 1. The summed E-state index contributed by atoms with van der Waals surface area (Å²) in [4.78, 5) is 16.8. The molecule has 3 heterocycles. The molecule has 128 valence electrons. The van der Waals surface area contributed by atoms with Crippen LogP contribution in [-0.4, -0.2) is 24.1 Å². The third-order valence-electron chi connectivity index (χ3n) is 3.69. The second-order valence-corrected chi connectivity index (χ2v) is 7.23. The molecule has 0 unspecified atom stereocenters. The third-order valence-corrected chi connectivity index (χ3v) is 5.32. The van der Waals surface area contributed by atoms with Crippen molar-refractivity contribution in [2.24, 2.45) is 0 Å². The Balaban J connectivity index is 1.41. The second-order valence-electron chi connectivity index (χ2n) is 5.59. The van der Waals surface area contributed by atoms with Crippen LogP contribution in [0.5, 0.6) is 11.5 Å². The van der Waals surface area contributed by atoms with E-state index in [2.05, 4.69) is 15.7 Å². The number of rotatable bonds is 4. The second kappa shape index (κ2) is 7.25. The van der Waals surface area contributed by atoms with E-state index in [4.69, 9.17) is 9.47 Å². The number of amides is 1. The van der Waals surface area contributed by atoms with E-state index in [0.717, 1.165) is 28.4 Å². The van der Waals surface area contributed by atoms with Crippen LogP contribution in [0.25, 0.3) is 10.6 Å². The number of hydrogen-bond acceptors (Lipinski definition) is 6. The van der Waals surface area contributed by atoms with E-state index in [-0.39, 0.29) is 12.3 Å². The summed E-state index contributed by atoms with van der Waals surface area (Å²) >= 11 is 3.19. The van der Waals surface area contributed by atoms with E-state index in [1.54, 1.807) is 28.7 Å². The van der Waals surface area contributed by atoms with E-state index >= 15 is 0 Å². The number of anilines is 1. The number of carbonyl (C=O) groups excluding carboxylic acids is 1. The summed E-state index contributed by atoms with van der Waals surface area (Å²) in [5, 5.41) is 9.85. The lowest BCUT2D eigenvalue weighted by molar-refractivity contribution is -0.115. The lowest BCUT2D eigenvalue weighted by Gasteiger charge is -2.10. The number of thiophene rings is 1. The van der Waals surface area contributed by atoms with Crippen molar-refractivity contribution in [3.05, 3.63) is 46.1 Å². The maximum absolute atomic E-state index is 12.3. The van der Waals surface area contributed by atoms with Gasteiger partial charge in [0.15, 0.2) is 11.5 Å². The van der Waals surface area contributed by atoms with Crippen LogP contribution in [0, 0.1) is 0 Å². The van der Waals surface area contributed by atoms with Gasteiger partial charge in [-0.1, -0.05) is 0 Å². The quantitative estimate of drug-likeness (QED) is 0.745. The van der Waals surface area contributed by atoms with Crippen molar-refractivity contribution in [2.45, 2.75) is 12.8 Å². The Hall–Kier alpha value is -2.38. The molecule has 0 atom stereocenters. The molecular formula is C18H16N2O3S2. The Labute approximate surface area is 153 Å². The van der Waals surface area contributed by atoms with Gasteiger partial charge >= 0.3 is 0 Å². The number of thiazole rings is 1. The van der Waals surface area contributed by atoms with Crippen LogP contribution in [0.2, 0.25) is 0 Å². The molecule has 5 nitrogen and oxygen atoms in total. The van der Waals surface area contributed by atoms with E-state index in [9.17, 15) is 4.79 Å². The summed E-state index contributed by atoms with van der Waals surface area (Å²) in [5.74, 6) is 1.29. The van der Waals surface area contributed by atoms with E-state index in [1.807, 2.05) is 29.0 Å². The molecule has 4 rings (SSSR count). The van der Waals surface area contributed by atoms with Crippen molar-refractivity contribution in [1.29, 1.82) is 0 Å². The van der Waals surface area contributed by atoms with E-state index in [0.29, 0.717) is 24.7 Å². The van der Waals surface area contributed by atoms with Gasteiger partial charge in [-0.2, -0.15) is 11.3 Å². The largest absolute Gasteiger partial charge is 0.490 e. The third kappa shape index (κ3) is 3.83. The van der Waals surface area contributed by atoms with Gasteiger partial charge < -0.3 is 14.8 Å². The molecule has 0 aliphatic carbocycles. The molecule has 0 saturated heterocycles. The first-order valence-corrected chi connectivity index (χ1v) is 9.77. The molecule has 1 N–H and O–H groups in total. The Morgan fingerprint density at radius 1 is 1.16 bits per heavy atom. The minimum Gasteiger partial charge on any atom is -0.490 e. The standard InChI is InChI=1S/C18H16N2O3S2/c21-17(9-14-11-25-18(20-14)12-4-7-24-10-12)19-13-2-3-15-16(8-13)23-6-1-5-22-15/h2-4,7-8,10-11H,1,5-6,9H2,(H,19,21). The predicted octanol–water partition coefficient (Wildman–Crippen LogP) is 4.21. The number of carbonyl (C=O) groups is 1. The van der Waals surface area contributed by atoms with Crippen molar-refractivity contribution in [3.8, 4) is 22.1 Å². The van der Waals surface area contributed by atoms with Crippen molar-refractivity contribution in [1.82, 2.24) is 4.98 Å². The Morgan fingerprint density at radius 3 is 2.88 bits per heavy atom. The summed E-state index contributed by atoms with van der Waals surface area (Å²) in [5.41, 5.74) is 2.57. The average Bonchev–Trinajstić information content (AvgIpc) is 3.23. The highest BCUT2D eigenvalue weighted by Crippen LogP contribution is 2.32. The smallest absolute Gasteiger partial charge is 0.230 e. The zero-order chi connectivity index (χ0) is 17.1. The number of nitrogens with one attached hydrogen (secondary N) is 1. The van der Waals surface area contributed by atoms with Crippen LogP contribution in [0.4, 0.5) is 5.69 Å². The van der Waals surface area contributed by atoms with Gasteiger partial charge in [0.2, 0.25) is 5.91 Å². The van der Waals surface area contributed by atoms with Gasteiger partial charge in [0.25, 0.3) is 0 Å². The Morgan fingerprint density at radius 2 is 2.04 bits per heavy atom. The van der Waals surface area contributed by atoms with Gasteiger partial charge in [0.05, 0.1) is 25.3 Å². The zero-order valence-electron chi connectivity index (χ0n) is 13.4. The minimum atomic E-state index is -0.100. The molecule has 0 fully saturated rings. The SMILES string of the molecule is O=C(Cc1csc(-c2ccsc2)n1)Nc1ccc2c(c1)OCCCO2. The molecule has 2 aromatic heterocycles. The average molecular weight is 372 g/mol. The fourth-order valence-corrected chi connectivity index (χ4v) is 4.05. The fraction of sp³-hybridized carbons (Fsp3) is 0.222. The number of nitrogens with zero attached hydrogens (tertiary/aromatic N) is 1. The molecule has 1 aliphatic rings. The monoisotopic (exact) mass is 372 g/mol. The predicted molar refractivity (Wildman–Crippen MR) is 99.8 cm³/mol. The first-order valence-electron chi connectivity index (χ1n) is 7.94. The first kappa shape index (κ1) is 16.1. The molecule has 25 heavy (non-hydrogen) atoms. The van der Waals surface area contributed by atoms with Crippen molar-refractivity contribution >= 4 is 34.3 Å². The highest BCUT2D eigenvalue weighted by atomic mass is 32.1. The topological polar surface area (TPSA) is 60.5 Å². The maximum Gasteiger partial charge on any atom is 0.230 e. The molecule has 0 spiro atoms. The van der Waals surface area contributed by atoms with Crippen LogP contribution < -0.4 is 14.8 Å².